The minimum Gasteiger partial charge on any atom is -0.461 e. The number of carbonyl (C=O) groups is 2. The second-order valence-corrected chi connectivity index (χ2v) is 5.79. The summed E-state index contributed by atoms with van der Waals surface area (Å²) in [5.41, 5.74) is 0.833. The Bertz CT molecular complexity index is 886. The van der Waals surface area contributed by atoms with Crippen molar-refractivity contribution >= 4 is 11.7 Å². The number of aromatic nitrogens is 2. The third-order valence-electron chi connectivity index (χ3n) is 4.21. The Morgan fingerprint density at radius 3 is 2.72 bits per heavy atom. The first-order valence-electron chi connectivity index (χ1n) is 8.02. The minimum absolute atomic E-state index is 0.0335. The average molecular weight is 337 g/mol. The number of carbonyl (C=O) groups excluding carboxylic acids is 2. The van der Waals surface area contributed by atoms with Crippen molar-refractivity contribution in [2.75, 3.05) is 6.54 Å². The van der Waals surface area contributed by atoms with E-state index in [4.69, 9.17) is 8.94 Å². The van der Waals surface area contributed by atoms with Gasteiger partial charge in [-0.05, 0) is 25.0 Å². The Labute approximate surface area is 143 Å². The Balaban J connectivity index is 1.57. The second-order valence-electron chi connectivity index (χ2n) is 5.79. The van der Waals surface area contributed by atoms with Gasteiger partial charge >= 0.3 is 0 Å². The predicted molar refractivity (Wildman–Crippen MR) is 86.5 cm³/mol. The highest BCUT2D eigenvalue weighted by Gasteiger charge is 2.37. The van der Waals surface area contributed by atoms with Crippen LogP contribution in [0.3, 0.4) is 0 Å². The van der Waals surface area contributed by atoms with Crippen LogP contribution in [0, 0.1) is 0 Å². The molecule has 1 fully saturated rings. The number of furan rings is 1. The predicted octanol–water partition coefficient (Wildman–Crippen LogP) is 2.88. The summed E-state index contributed by atoms with van der Waals surface area (Å²) in [6, 6.07) is 12.1. The van der Waals surface area contributed by atoms with Gasteiger partial charge in [0, 0.05) is 12.1 Å². The lowest BCUT2D eigenvalue weighted by molar-refractivity contribution is -0.127. The molecule has 1 aromatic carbocycles. The van der Waals surface area contributed by atoms with Gasteiger partial charge in [-0.3, -0.25) is 9.59 Å². The number of Topliss-reactive ketones (excluding diaryl/α,β-unsaturated/α-hetero) is 1. The maximum atomic E-state index is 12.5. The molecule has 7 heteroatoms. The maximum Gasteiger partial charge on any atom is 0.299 e. The van der Waals surface area contributed by atoms with E-state index in [0.29, 0.717) is 24.7 Å². The summed E-state index contributed by atoms with van der Waals surface area (Å²) in [6.45, 7) is 0.471. The monoisotopic (exact) mass is 337 g/mol. The van der Waals surface area contributed by atoms with Gasteiger partial charge in [0.2, 0.25) is 11.7 Å². The molecule has 126 valence electrons. The molecular formula is C18H15N3O4. The summed E-state index contributed by atoms with van der Waals surface area (Å²) in [5, 5.41) is 3.99. The van der Waals surface area contributed by atoms with Crippen molar-refractivity contribution < 1.29 is 18.5 Å². The number of ketones is 1. The molecule has 0 N–H and O–H groups in total. The van der Waals surface area contributed by atoms with Crippen LogP contribution in [0.4, 0.5) is 0 Å². The number of hydrogen-bond acceptors (Lipinski definition) is 6. The summed E-state index contributed by atoms with van der Waals surface area (Å²) in [7, 11) is 0. The average Bonchev–Trinajstić information content (AvgIpc) is 3.42. The van der Waals surface area contributed by atoms with Crippen molar-refractivity contribution in [3.8, 4) is 11.4 Å². The lowest BCUT2D eigenvalue weighted by Gasteiger charge is -2.20. The van der Waals surface area contributed by atoms with Gasteiger partial charge in [0.05, 0.1) is 6.26 Å². The zero-order valence-electron chi connectivity index (χ0n) is 13.3. The van der Waals surface area contributed by atoms with Crippen molar-refractivity contribution in [2.24, 2.45) is 0 Å². The molecule has 1 saturated heterocycles. The third kappa shape index (κ3) is 2.84. The summed E-state index contributed by atoms with van der Waals surface area (Å²) in [6.07, 6.45) is 2.81. The highest BCUT2D eigenvalue weighted by Crippen LogP contribution is 2.32. The molecule has 3 aromatic rings. The molecule has 25 heavy (non-hydrogen) atoms. The molecule has 1 amide bonds. The fourth-order valence-electron chi connectivity index (χ4n) is 2.99. The van der Waals surface area contributed by atoms with Gasteiger partial charge in [0.25, 0.3) is 11.7 Å². The fourth-order valence-corrected chi connectivity index (χ4v) is 2.99. The van der Waals surface area contributed by atoms with Crippen molar-refractivity contribution in [2.45, 2.75) is 18.9 Å². The van der Waals surface area contributed by atoms with E-state index in [1.165, 1.54) is 17.2 Å². The molecule has 0 aliphatic carbocycles. The molecule has 2 aromatic heterocycles. The van der Waals surface area contributed by atoms with Crippen LogP contribution in [0.2, 0.25) is 0 Å². The van der Waals surface area contributed by atoms with Gasteiger partial charge in [0.15, 0.2) is 5.76 Å². The van der Waals surface area contributed by atoms with Gasteiger partial charge in [-0.1, -0.05) is 35.5 Å². The minimum atomic E-state index is -0.667. The standard InChI is InChI=1S/C18H15N3O4/c22-15(14-9-5-11-24-14)18(23)21-10-4-8-13(21)17-19-16(20-25-17)12-6-2-1-3-7-12/h1-3,5-7,9,11,13H,4,8,10H2. The molecule has 0 saturated carbocycles. The van der Waals surface area contributed by atoms with E-state index in [9.17, 15) is 9.59 Å². The maximum absolute atomic E-state index is 12.5. The number of benzene rings is 1. The molecule has 1 unspecified atom stereocenters. The molecule has 7 nitrogen and oxygen atoms in total. The van der Waals surface area contributed by atoms with E-state index in [1.54, 1.807) is 6.07 Å². The smallest absolute Gasteiger partial charge is 0.299 e. The van der Waals surface area contributed by atoms with Crippen LogP contribution < -0.4 is 0 Å². The summed E-state index contributed by atoms with van der Waals surface area (Å²) in [5.74, 6) is -0.438. The molecule has 1 aliphatic rings. The van der Waals surface area contributed by atoms with Crippen LogP contribution in [0.25, 0.3) is 11.4 Å². The number of rotatable bonds is 4. The topological polar surface area (TPSA) is 89.4 Å². The molecule has 1 atom stereocenters. The molecule has 4 rings (SSSR count). The summed E-state index contributed by atoms with van der Waals surface area (Å²) in [4.78, 5) is 30.7. The first-order valence-corrected chi connectivity index (χ1v) is 8.02. The lowest BCUT2D eigenvalue weighted by atomic mass is 10.2. The largest absolute Gasteiger partial charge is 0.461 e. The number of hydrogen-bond donors (Lipinski definition) is 0. The molecule has 0 spiro atoms. The van der Waals surface area contributed by atoms with Crippen LogP contribution in [-0.2, 0) is 4.79 Å². The number of nitrogens with zero attached hydrogens (tertiary/aromatic N) is 3. The molecular weight excluding hydrogens is 322 g/mol. The van der Waals surface area contributed by atoms with Crippen molar-refractivity contribution in [1.29, 1.82) is 0 Å². The Kier molecular flexibility index (Phi) is 3.89. The van der Waals surface area contributed by atoms with Crippen LogP contribution in [0.5, 0.6) is 0 Å². The van der Waals surface area contributed by atoms with Crippen LogP contribution >= 0.6 is 0 Å². The quantitative estimate of drug-likeness (QED) is 0.537. The molecule has 0 bridgehead atoms. The Morgan fingerprint density at radius 1 is 1.12 bits per heavy atom. The lowest BCUT2D eigenvalue weighted by Crippen LogP contribution is -2.36. The Hall–Kier alpha value is -3.22. The van der Waals surface area contributed by atoms with E-state index >= 15 is 0 Å². The van der Waals surface area contributed by atoms with E-state index in [1.807, 2.05) is 30.3 Å². The van der Waals surface area contributed by atoms with Crippen molar-refractivity contribution in [3.05, 3.63) is 60.4 Å². The normalized spacial score (nSPS) is 17.0. The van der Waals surface area contributed by atoms with Crippen LogP contribution in [-0.4, -0.2) is 33.3 Å². The summed E-state index contributed by atoms with van der Waals surface area (Å²) >= 11 is 0. The van der Waals surface area contributed by atoms with Gasteiger partial charge in [-0.2, -0.15) is 4.98 Å². The van der Waals surface area contributed by atoms with Crippen LogP contribution in [0.15, 0.2) is 57.7 Å². The molecule has 1 aliphatic heterocycles. The van der Waals surface area contributed by atoms with E-state index in [0.717, 1.165) is 12.0 Å². The van der Waals surface area contributed by atoms with Crippen molar-refractivity contribution in [1.82, 2.24) is 15.0 Å². The zero-order valence-corrected chi connectivity index (χ0v) is 13.3. The van der Waals surface area contributed by atoms with Gasteiger partial charge in [-0.25, -0.2) is 0 Å². The number of amides is 1. The van der Waals surface area contributed by atoms with Gasteiger partial charge in [0.1, 0.15) is 6.04 Å². The molecule has 3 heterocycles. The highest BCUT2D eigenvalue weighted by atomic mass is 16.5. The Morgan fingerprint density at radius 2 is 1.96 bits per heavy atom. The number of likely N-dealkylation sites (tertiary alicyclic amines) is 1. The van der Waals surface area contributed by atoms with Gasteiger partial charge < -0.3 is 13.8 Å². The third-order valence-corrected chi connectivity index (χ3v) is 4.21. The summed E-state index contributed by atoms with van der Waals surface area (Å²) < 4.78 is 10.4. The second kappa shape index (κ2) is 6.35. The zero-order chi connectivity index (χ0) is 17.2. The molecule has 0 radical (unpaired) electrons. The fraction of sp³-hybridized carbons (Fsp3) is 0.222. The van der Waals surface area contributed by atoms with E-state index in [-0.39, 0.29) is 5.76 Å². The van der Waals surface area contributed by atoms with E-state index < -0.39 is 17.7 Å². The SMILES string of the molecule is O=C(C(=O)N1CCCC1c1nc(-c2ccccc2)no1)c1ccco1. The highest BCUT2D eigenvalue weighted by molar-refractivity contribution is 6.42. The first kappa shape index (κ1) is 15.3. The van der Waals surface area contributed by atoms with E-state index in [2.05, 4.69) is 10.1 Å². The first-order chi connectivity index (χ1) is 12.2. The van der Waals surface area contributed by atoms with Crippen LogP contribution in [0.1, 0.15) is 35.3 Å². The van der Waals surface area contributed by atoms with Crippen molar-refractivity contribution in [3.63, 3.8) is 0 Å². The van der Waals surface area contributed by atoms with Gasteiger partial charge in [-0.15, -0.1) is 0 Å².